The Balaban J connectivity index is 1.96. The fraction of sp³-hybridized carbons (Fsp3) is 0.240. The molecule has 0 fully saturated rings. The molecule has 0 aliphatic heterocycles. The van der Waals surface area contributed by atoms with E-state index < -0.39 is 0 Å². The van der Waals surface area contributed by atoms with Gasteiger partial charge < -0.3 is 0 Å². The SMILES string of the molecule is Cc1cc2ccccc2cc1-c1c2ccc(CC(C)C)cc2cc[n+]1C. The predicted molar refractivity (Wildman–Crippen MR) is 111 cm³/mol. The Morgan fingerprint density at radius 2 is 1.58 bits per heavy atom. The van der Waals surface area contributed by atoms with Crippen molar-refractivity contribution in [1.29, 1.82) is 0 Å². The van der Waals surface area contributed by atoms with Gasteiger partial charge in [-0.3, -0.25) is 0 Å². The lowest BCUT2D eigenvalue weighted by Gasteiger charge is -2.11. The number of aromatic nitrogens is 1. The number of benzene rings is 3. The molecule has 1 heterocycles. The molecule has 4 rings (SSSR count). The summed E-state index contributed by atoms with van der Waals surface area (Å²) < 4.78 is 2.25. The van der Waals surface area contributed by atoms with Gasteiger partial charge in [0.2, 0.25) is 5.69 Å². The van der Waals surface area contributed by atoms with E-state index in [4.69, 9.17) is 0 Å². The molecule has 0 radical (unpaired) electrons. The molecule has 0 amide bonds. The van der Waals surface area contributed by atoms with Crippen LogP contribution in [0, 0.1) is 12.8 Å². The Hall–Kier alpha value is -2.67. The summed E-state index contributed by atoms with van der Waals surface area (Å²) in [6.07, 6.45) is 3.31. The van der Waals surface area contributed by atoms with E-state index in [9.17, 15) is 0 Å². The molecule has 4 aromatic rings. The van der Waals surface area contributed by atoms with Gasteiger partial charge in [0, 0.05) is 6.07 Å². The first-order chi connectivity index (χ1) is 12.5. The summed E-state index contributed by atoms with van der Waals surface area (Å²) in [5.41, 5.74) is 5.34. The van der Waals surface area contributed by atoms with Gasteiger partial charge in [0.1, 0.15) is 7.05 Å². The van der Waals surface area contributed by atoms with E-state index in [2.05, 4.69) is 99.2 Å². The third kappa shape index (κ3) is 2.99. The Labute approximate surface area is 155 Å². The third-order valence-corrected chi connectivity index (χ3v) is 5.19. The van der Waals surface area contributed by atoms with E-state index in [1.165, 1.54) is 43.9 Å². The zero-order valence-electron chi connectivity index (χ0n) is 16.1. The smallest absolute Gasteiger partial charge is 0.200 e. The Bertz CT molecular complexity index is 1110. The highest BCUT2D eigenvalue weighted by Gasteiger charge is 2.18. The zero-order valence-corrected chi connectivity index (χ0v) is 16.1. The van der Waals surface area contributed by atoms with Gasteiger partial charge in [-0.1, -0.05) is 56.3 Å². The average Bonchev–Trinajstić information content (AvgIpc) is 2.61. The second-order valence-electron chi connectivity index (χ2n) is 7.81. The second-order valence-corrected chi connectivity index (χ2v) is 7.81. The fourth-order valence-corrected chi connectivity index (χ4v) is 3.97. The van der Waals surface area contributed by atoms with Crippen molar-refractivity contribution in [2.24, 2.45) is 13.0 Å². The Kier molecular flexibility index (Phi) is 4.24. The van der Waals surface area contributed by atoms with Crippen LogP contribution in [0.5, 0.6) is 0 Å². The van der Waals surface area contributed by atoms with Gasteiger partial charge in [0.25, 0.3) is 0 Å². The van der Waals surface area contributed by atoms with Gasteiger partial charge >= 0.3 is 0 Å². The number of rotatable bonds is 3. The van der Waals surface area contributed by atoms with Crippen LogP contribution in [-0.2, 0) is 13.5 Å². The van der Waals surface area contributed by atoms with Crippen LogP contribution >= 0.6 is 0 Å². The van der Waals surface area contributed by atoms with Gasteiger partial charge in [0.15, 0.2) is 6.20 Å². The first-order valence-electron chi connectivity index (χ1n) is 9.44. The summed E-state index contributed by atoms with van der Waals surface area (Å²) in [7, 11) is 2.14. The highest BCUT2D eigenvalue weighted by molar-refractivity contribution is 5.97. The highest BCUT2D eigenvalue weighted by Crippen LogP contribution is 2.31. The summed E-state index contributed by atoms with van der Waals surface area (Å²) in [6, 6.07) is 22.4. The molecule has 130 valence electrons. The molecule has 0 saturated carbocycles. The lowest BCUT2D eigenvalue weighted by atomic mass is 9.94. The first-order valence-corrected chi connectivity index (χ1v) is 9.44. The molecule has 0 spiro atoms. The Morgan fingerprint density at radius 1 is 0.846 bits per heavy atom. The van der Waals surface area contributed by atoms with Gasteiger partial charge in [-0.15, -0.1) is 0 Å². The summed E-state index contributed by atoms with van der Waals surface area (Å²) in [6.45, 7) is 6.77. The fourth-order valence-electron chi connectivity index (χ4n) is 3.97. The van der Waals surface area contributed by atoms with Crippen LogP contribution in [0.15, 0.2) is 66.9 Å². The van der Waals surface area contributed by atoms with E-state index in [0.717, 1.165) is 6.42 Å². The topological polar surface area (TPSA) is 3.88 Å². The van der Waals surface area contributed by atoms with E-state index in [1.54, 1.807) is 0 Å². The maximum absolute atomic E-state index is 2.36. The molecular weight excluding hydrogens is 314 g/mol. The van der Waals surface area contributed by atoms with Crippen LogP contribution in [0.3, 0.4) is 0 Å². The molecular formula is C25H26N+. The monoisotopic (exact) mass is 340 g/mol. The van der Waals surface area contributed by atoms with Crippen molar-refractivity contribution >= 4 is 21.5 Å². The summed E-state index contributed by atoms with van der Waals surface area (Å²) in [5.74, 6) is 0.675. The van der Waals surface area contributed by atoms with Crippen molar-refractivity contribution in [1.82, 2.24) is 0 Å². The van der Waals surface area contributed by atoms with Gasteiger partial charge in [0.05, 0.1) is 10.9 Å². The molecule has 0 bridgehead atoms. The molecule has 0 aliphatic rings. The van der Waals surface area contributed by atoms with Crippen molar-refractivity contribution in [3.63, 3.8) is 0 Å². The van der Waals surface area contributed by atoms with Crippen LogP contribution in [0.25, 0.3) is 32.8 Å². The number of hydrogen-bond acceptors (Lipinski definition) is 0. The molecule has 0 aliphatic carbocycles. The normalized spacial score (nSPS) is 11.6. The summed E-state index contributed by atoms with van der Waals surface area (Å²) in [4.78, 5) is 0. The lowest BCUT2D eigenvalue weighted by Crippen LogP contribution is -2.30. The van der Waals surface area contributed by atoms with Crippen LogP contribution < -0.4 is 4.57 Å². The lowest BCUT2D eigenvalue weighted by molar-refractivity contribution is -0.659. The summed E-state index contributed by atoms with van der Waals surface area (Å²) >= 11 is 0. The predicted octanol–water partition coefficient (Wildman–Crippen LogP) is 5.99. The van der Waals surface area contributed by atoms with Crippen molar-refractivity contribution in [3.05, 3.63) is 78.0 Å². The average molecular weight is 340 g/mol. The van der Waals surface area contributed by atoms with Crippen molar-refractivity contribution in [2.45, 2.75) is 27.2 Å². The molecule has 26 heavy (non-hydrogen) atoms. The molecule has 0 saturated heterocycles. The van der Waals surface area contributed by atoms with E-state index >= 15 is 0 Å². The van der Waals surface area contributed by atoms with Crippen LogP contribution in [0.1, 0.15) is 25.0 Å². The molecule has 0 N–H and O–H groups in total. The quantitative estimate of drug-likeness (QED) is 0.403. The summed E-state index contributed by atoms with van der Waals surface area (Å²) in [5, 5.41) is 5.24. The molecule has 0 atom stereocenters. The molecule has 0 unspecified atom stereocenters. The van der Waals surface area contributed by atoms with Crippen molar-refractivity contribution < 1.29 is 4.57 Å². The number of pyridine rings is 1. The van der Waals surface area contributed by atoms with E-state index in [-0.39, 0.29) is 0 Å². The largest absolute Gasteiger partial charge is 0.220 e. The second kappa shape index (κ2) is 6.57. The minimum Gasteiger partial charge on any atom is -0.200 e. The van der Waals surface area contributed by atoms with E-state index in [1.807, 2.05) is 0 Å². The molecule has 1 heteroatoms. The van der Waals surface area contributed by atoms with E-state index in [0.29, 0.717) is 5.92 Å². The van der Waals surface area contributed by atoms with Gasteiger partial charge in [-0.2, -0.15) is 0 Å². The highest BCUT2D eigenvalue weighted by atomic mass is 14.9. The zero-order chi connectivity index (χ0) is 18.3. The number of hydrogen-bond donors (Lipinski definition) is 0. The maximum atomic E-state index is 2.36. The standard InChI is InChI=1S/C25H26N/c1-17(2)13-19-9-10-23-22(15-19)11-12-26(4)25(23)24-16-21-8-6-5-7-20(21)14-18(24)3/h5-12,14-17H,13H2,1-4H3/q+1. The Morgan fingerprint density at radius 3 is 2.31 bits per heavy atom. The molecule has 1 aromatic heterocycles. The minimum absolute atomic E-state index is 0.675. The number of aryl methyl sites for hydroxylation is 2. The van der Waals surface area contributed by atoms with Crippen molar-refractivity contribution in [3.8, 4) is 11.3 Å². The number of fused-ring (bicyclic) bond motifs is 2. The van der Waals surface area contributed by atoms with Gasteiger partial charge in [-0.25, -0.2) is 4.57 Å². The van der Waals surface area contributed by atoms with Crippen LogP contribution in [0.4, 0.5) is 0 Å². The molecule has 3 aromatic carbocycles. The number of nitrogens with zero attached hydrogens (tertiary/aromatic N) is 1. The third-order valence-electron chi connectivity index (χ3n) is 5.19. The first kappa shape index (κ1) is 16.8. The minimum atomic E-state index is 0.675. The van der Waals surface area contributed by atoms with Gasteiger partial charge in [-0.05, 0) is 58.7 Å². The van der Waals surface area contributed by atoms with Crippen LogP contribution in [0.2, 0.25) is 0 Å². The maximum Gasteiger partial charge on any atom is 0.220 e. The molecule has 1 nitrogen and oxygen atoms in total. The van der Waals surface area contributed by atoms with Crippen molar-refractivity contribution in [2.75, 3.05) is 0 Å². The van der Waals surface area contributed by atoms with Crippen LogP contribution in [-0.4, -0.2) is 0 Å².